The molecule has 3 rings (SSSR count). The topological polar surface area (TPSA) is 105 Å². The Morgan fingerprint density at radius 2 is 0.853 bits per heavy atom. The number of ether oxygens (including phenoxy) is 2. The summed E-state index contributed by atoms with van der Waals surface area (Å²) >= 11 is 0. The first-order valence-corrected chi connectivity index (χ1v) is 8.93. The number of hydrogen-bond acceptors (Lipinski definition) is 6. The van der Waals surface area contributed by atoms with E-state index in [2.05, 4.69) is 0 Å². The van der Waals surface area contributed by atoms with Crippen LogP contribution in [0.5, 0.6) is 23.0 Å². The maximum absolute atomic E-state index is 13.1. The third-order valence-corrected chi connectivity index (χ3v) is 4.24. The molecule has 8 nitrogen and oxygen atoms in total. The van der Waals surface area contributed by atoms with E-state index in [9.17, 15) is 46.6 Å². The fourth-order valence-corrected chi connectivity index (χ4v) is 2.78. The molecule has 0 aliphatic heterocycles. The minimum Gasteiger partial charge on any atom is -0.457 e. The van der Waals surface area contributed by atoms with E-state index in [1.807, 2.05) is 0 Å². The van der Waals surface area contributed by atoms with Crippen molar-refractivity contribution >= 4 is 11.4 Å². The van der Waals surface area contributed by atoms with Crippen LogP contribution in [0.25, 0.3) is 0 Å². The summed E-state index contributed by atoms with van der Waals surface area (Å²) in [5.74, 6) is -0.712. The quantitative estimate of drug-likeness (QED) is 0.208. The Hall–Kier alpha value is -4.36. The van der Waals surface area contributed by atoms with Gasteiger partial charge in [-0.2, -0.15) is 26.3 Å². The molecule has 0 aliphatic rings. The molecule has 0 unspecified atom stereocenters. The Morgan fingerprint density at radius 3 is 1.12 bits per heavy atom. The van der Waals surface area contributed by atoms with Crippen LogP contribution in [0, 0.1) is 20.2 Å². The Labute approximate surface area is 185 Å². The number of hydrogen-bond donors (Lipinski definition) is 0. The molecule has 3 aromatic carbocycles. The van der Waals surface area contributed by atoms with Crippen molar-refractivity contribution in [1.29, 1.82) is 0 Å². The SMILES string of the molecule is O=[N+]([O-])c1ccc(Oc2ccc(Oc3ccc([N+](=O)[O-])c(C(F)(F)F)c3)cc2)cc1C(F)(F)F. The molecule has 0 spiro atoms. The molecule has 34 heavy (non-hydrogen) atoms. The summed E-state index contributed by atoms with van der Waals surface area (Å²) in [7, 11) is 0. The van der Waals surface area contributed by atoms with Gasteiger partial charge in [-0.05, 0) is 48.5 Å². The van der Waals surface area contributed by atoms with Crippen LogP contribution in [0.2, 0.25) is 0 Å². The number of nitrogens with zero attached hydrogens (tertiary/aromatic N) is 2. The van der Waals surface area contributed by atoms with Gasteiger partial charge in [0.05, 0.1) is 9.85 Å². The van der Waals surface area contributed by atoms with Crippen LogP contribution in [0.4, 0.5) is 37.7 Å². The predicted molar refractivity (Wildman–Crippen MR) is 103 cm³/mol. The predicted octanol–water partition coefficient (Wildman–Crippen LogP) is 7.13. The van der Waals surface area contributed by atoms with E-state index >= 15 is 0 Å². The van der Waals surface area contributed by atoms with E-state index in [0.717, 1.165) is 12.1 Å². The lowest BCUT2D eigenvalue weighted by atomic mass is 10.1. The average molecular weight is 488 g/mol. The maximum atomic E-state index is 13.1. The summed E-state index contributed by atoms with van der Waals surface area (Å²) < 4.78 is 89.0. The van der Waals surface area contributed by atoms with E-state index < -0.39 is 44.7 Å². The number of rotatable bonds is 6. The van der Waals surface area contributed by atoms with Crippen molar-refractivity contribution in [3.63, 3.8) is 0 Å². The summed E-state index contributed by atoms with van der Waals surface area (Å²) in [5, 5.41) is 21.6. The lowest BCUT2D eigenvalue weighted by molar-refractivity contribution is -0.388. The van der Waals surface area contributed by atoms with E-state index in [0.29, 0.717) is 24.3 Å². The van der Waals surface area contributed by atoms with Crippen molar-refractivity contribution in [2.75, 3.05) is 0 Å². The van der Waals surface area contributed by atoms with Gasteiger partial charge in [0.15, 0.2) is 0 Å². The minimum atomic E-state index is -5.00. The Kier molecular flexibility index (Phi) is 6.34. The van der Waals surface area contributed by atoms with E-state index in [1.54, 1.807) is 0 Å². The first kappa shape index (κ1) is 24.3. The highest BCUT2D eigenvalue weighted by Crippen LogP contribution is 2.40. The van der Waals surface area contributed by atoms with Crippen LogP contribution in [-0.4, -0.2) is 9.85 Å². The molecule has 178 valence electrons. The number of halogens is 6. The van der Waals surface area contributed by atoms with Crippen LogP contribution in [0.1, 0.15) is 11.1 Å². The molecule has 0 aromatic heterocycles. The van der Waals surface area contributed by atoms with Gasteiger partial charge >= 0.3 is 12.4 Å². The highest BCUT2D eigenvalue weighted by atomic mass is 19.4. The molecule has 0 aliphatic carbocycles. The van der Waals surface area contributed by atoms with Gasteiger partial charge in [0, 0.05) is 12.1 Å². The first-order valence-electron chi connectivity index (χ1n) is 8.93. The van der Waals surface area contributed by atoms with Gasteiger partial charge in [0.2, 0.25) is 0 Å². The zero-order valence-electron chi connectivity index (χ0n) is 16.4. The maximum Gasteiger partial charge on any atom is 0.423 e. The standard InChI is InChI=1S/C20H10F6N2O6/c21-19(22,23)15-9-13(5-7-17(15)27(29)30)33-11-1-2-12(4-3-11)34-14-6-8-18(28(31)32)16(10-14)20(24,25)26/h1-10H. The fourth-order valence-electron chi connectivity index (χ4n) is 2.78. The third kappa shape index (κ3) is 5.51. The normalized spacial score (nSPS) is 11.7. The molecule has 0 atom stereocenters. The lowest BCUT2D eigenvalue weighted by Gasteiger charge is -2.12. The summed E-state index contributed by atoms with van der Waals surface area (Å²) in [6, 6.07) is 9.02. The van der Waals surface area contributed by atoms with E-state index in [4.69, 9.17) is 9.47 Å². The second kappa shape index (κ2) is 8.88. The molecule has 0 saturated heterocycles. The molecule has 0 bridgehead atoms. The van der Waals surface area contributed by atoms with Crippen LogP contribution >= 0.6 is 0 Å². The molecule has 14 heteroatoms. The summed E-state index contributed by atoms with van der Waals surface area (Å²) in [6.45, 7) is 0. The summed E-state index contributed by atoms with van der Waals surface area (Å²) in [4.78, 5) is 19.3. The second-order valence-corrected chi connectivity index (χ2v) is 6.54. The van der Waals surface area contributed by atoms with E-state index in [1.165, 1.54) is 24.3 Å². The fraction of sp³-hybridized carbons (Fsp3) is 0.100. The highest BCUT2D eigenvalue weighted by Gasteiger charge is 2.39. The van der Waals surface area contributed by atoms with Crippen molar-refractivity contribution in [2.45, 2.75) is 12.4 Å². The third-order valence-electron chi connectivity index (χ3n) is 4.24. The van der Waals surface area contributed by atoms with Crippen LogP contribution in [-0.2, 0) is 12.4 Å². The second-order valence-electron chi connectivity index (χ2n) is 6.54. The highest BCUT2D eigenvalue weighted by molar-refractivity contribution is 5.49. The number of nitro benzene ring substituents is 2. The lowest BCUT2D eigenvalue weighted by Crippen LogP contribution is -2.09. The van der Waals surface area contributed by atoms with Gasteiger partial charge in [-0.1, -0.05) is 0 Å². The van der Waals surface area contributed by atoms with Crippen LogP contribution < -0.4 is 9.47 Å². The zero-order valence-corrected chi connectivity index (χ0v) is 16.4. The van der Waals surface area contributed by atoms with E-state index in [-0.39, 0.29) is 23.0 Å². The molecular weight excluding hydrogens is 478 g/mol. The monoisotopic (exact) mass is 488 g/mol. The molecule has 0 fully saturated rings. The molecule has 0 heterocycles. The molecule has 0 radical (unpaired) electrons. The van der Waals surface area contributed by atoms with Crippen molar-refractivity contribution in [3.8, 4) is 23.0 Å². The van der Waals surface area contributed by atoms with Crippen molar-refractivity contribution < 1.29 is 45.7 Å². The van der Waals surface area contributed by atoms with Crippen molar-refractivity contribution in [3.05, 3.63) is 92.0 Å². The van der Waals surface area contributed by atoms with Crippen LogP contribution in [0.15, 0.2) is 60.7 Å². The van der Waals surface area contributed by atoms with Crippen molar-refractivity contribution in [1.82, 2.24) is 0 Å². The number of nitro groups is 2. The molecule has 0 N–H and O–H groups in total. The van der Waals surface area contributed by atoms with Crippen LogP contribution in [0.3, 0.4) is 0 Å². The molecular formula is C20H10F6N2O6. The van der Waals surface area contributed by atoms with Gasteiger partial charge in [0.1, 0.15) is 34.1 Å². The zero-order chi connectivity index (χ0) is 25.3. The Balaban J connectivity index is 1.80. The minimum absolute atomic E-state index is 0.00555. The summed E-state index contributed by atoms with van der Waals surface area (Å²) in [6.07, 6.45) is -10.0. The van der Waals surface area contributed by atoms with Gasteiger partial charge < -0.3 is 9.47 Å². The average Bonchev–Trinajstić information content (AvgIpc) is 2.73. The smallest absolute Gasteiger partial charge is 0.423 e. The van der Waals surface area contributed by atoms with Gasteiger partial charge in [-0.3, -0.25) is 20.2 Å². The van der Waals surface area contributed by atoms with Gasteiger partial charge in [-0.25, -0.2) is 0 Å². The number of benzene rings is 3. The van der Waals surface area contributed by atoms with Crippen molar-refractivity contribution in [2.24, 2.45) is 0 Å². The van der Waals surface area contributed by atoms with Gasteiger partial charge in [-0.15, -0.1) is 0 Å². The Bertz CT molecular complexity index is 1150. The Morgan fingerprint density at radius 1 is 0.559 bits per heavy atom. The molecule has 0 saturated carbocycles. The first-order chi connectivity index (χ1) is 15.8. The molecule has 0 amide bonds. The number of alkyl halides is 6. The summed E-state index contributed by atoms with van der Waals surface area (Å²) in [5.41, 5.74) is -5.31. The molecule has 3 aromatic rings. The van der Waals surface area contributed by atoms with Gasteiger partial charge in [0.25, 0.3) is 11.4 Å². The largest absolute Gasteiger partial charge is 0.457 e.